The van der Waals surface area contributed by atoms with E-state index in [4.69, 9.17) is 16.3 Å². The van der Waals surface area contributed by atoms with Crippen LogP contribution in [-0.2, 0) is 14.8 Å². The number of methoxy groups -OCH3 is 1. The maximum absolute atomic E-state index is 12.0. The zero-order valence-corrected chi connectivity index (χ0v) is 18.8. The molecule has 0 spiro atoms. The molecule has 0 fully saturated rings. The molecule has 1 rings (SSSR count). The predicted octanol–water partition coefficient (Wildman–Crippen LogP) is 1.89. The molecule has 11 heteroatoms. The third-order valence-electron chi connectivity index (χ3n) is 2.98. The molecule has 0 unspecified atom stereocenters. The molecule has 0 saturated heterocycles. The maximum atomic E-state index is 12.0. The van der Waals surface area contributed by atoms with Crippen LogP contribution in [-0.4, -0.2) is 53.8 Å². The topological polar surface area (TPSA) is 91.8 Å². The van der Waals surface area contributed by atoms with Gasteiger partial charge in [-0.1, -0.05) is 11.6 Å². The van der Waals surface area contributed by atoms with E-state index in [-0.39, 0.29) is 40.3 Å². The minimum atomic E-state index is -3.52. The summed E-state index contributed by atoms with van der Waals surface area (Å²) in [6.07, 6.45) is 0. The van der Waals surface area contributed by atoms with Crippen LogP contribution in [0.1, 0.15) is 13.8 Å². The van der Waals surface area contributed by atoms with Gasteiger partial charge < -0.3 is 15.4 Å². The molecule has 3 N–H and O–H groups in total. The first kappa shape index (κ1) is 23.9. The number of hydrogen-bond acceptors (Lipinski definition) is 5. The van der Waals surface area contributed by atoms with Crippen molar-refractivity contribution in [1.29, 1.82) is 0 Å². The first-order valence-electron chi connectivity index (χ1n) is 6.95. The highest BCUT2D eigenvalue weighted by Gasteiger charge is 2.17. The fraction of sp³-hybridized carbons (Fsp3) is 0.615. The molecule has 0 radical (unpaired) electrons. The van der Waals surface area contributed by atoms with Gasteiger partial charge in [0.05, 0.1) is 9.94 Å². The van der Waals surface area contributed by atoms with E-state index in [1.54, 1.807) is 20.2 Å². The lowest BCUT2D eigenvalue weighted by Gasteiger charge is -2.24. The Morgan fingerprint density at radius 2 is 2.00 bits per heavy atom. The number of ether oxygens (including phenoxy) is 1. The van der Waals surface area contributed by atoms with Crippen LogP contribution in [0.2, 0.25) is 4.34 Å². The van der Waals surface area contributed by atoms with Crippen molar-refractivity contribution in [1.82, 2.24) is 15.4 Å². The highest BCUT2D eigenvalue weighted by Crippen LogP contribution is 2.25. The molecule has 1 aromatic heterocycles. The van der Waals surface area contributed by atoms with Gasteiger partial charge in [0.25, 0.3) is 0 Å². The number of sulfonamides is 1. The summed E-state index contributed by atoms with van der Waals surface area (Å²) in [5.74, 6) is 0.577. The Balaban J connectivity index is 0.00000529. The lowest BCUT2D eigenvalue weighted by molar-refractivity contribution is 0.0268. The molecule has 0 aliphatic carbocycles. The average Bonchev–Trinajstić information content (AvgIpc) is 2.94. The highest BCUT2D eigenvalue weighted by atomic mass is 127. The fourth-order valence-corrected chi connectivity index (χ4v) is 4.03. The van der Waals surface area contributed by atoms with E-state index >= 15 is 0 Å². The first-order valence-corrected chi connectivity index (χ1v) is 9.62. The van der Waals surface area contributed by atoms with Gasteiger partial charge in [-0.2, -0.15) is 0 Å². The smallest absolute Gasteiger partial charge is 0.250 e. The Labute approximate surface area is 169 Å². The van der Waals surface area contributed by atoms with Crippen LogP contribution in [0.5, 0.6) is 0 Å². The van der Waals surface area contributed by atoms with Gasteiger partial charge in [0.1, 0.15) is 4.21 Å². The third kappa shape index (κ3) is 8.30. The molecular formula is C13H24ClIN4O3S2. The van der Waals surface area contributed by atoms with Crippen molar-refractivity contribution in [3.8, 4) is 0 Å². The molecule has 0 aliphatic rings. The van der Waals surface area contributed by atoms with Crippen molar-refractivity contribution in [2.45, 2.75) is 23.7 Å². The van der Waals surface area contributed by atoms with Crippen molar-refractivity contribution in [3.63, 3.8) is 0 Å². The highest BCUT2D eigenvalue weighted by molar-refractivity contribution is 14.0. The Kier molecular flexibility index (Phi) is 10.7. The number of rotatable bonds is 8. The lowest BCUT2D eigenvalue weighted by Crippen LogP contribution is -2.46. The first-order chi connectivity index (χ1) is 10.7. The van der Waals surface area contributed by atoms with Crippen molar-refractivity contribution in [3.05, 3.63) is 16.5 Å². The third-order valence-corrected chi connectivity index (χ3v) is 6.16. The normalized spacial score (nSPS) is 12.6. The maximum Gasteiger partial charge on any atom is 0.250 e. The summed E-state index contributed by atoms with van der Waals surface area (Å²) in [6.45, 7) is 5.10. The van der Waals surface area contributed by atoms with E-state index in [0.717, 1.165) is 11.3 Å². The molecule has 24 heavy (non-hydrogen) atoms. The summed E-state index contributed by atoms with van der Waals surface area (Å²) in [7, 11) is -0.232. The molecule has 140 valence electrons. The number of guanidine groups is 1. The second-order valence-corrected chi connectivity index (χ2v) is 8.98. The molecular weight excluding hydrogens is 487 g/mol. The number of thiophene rings is 1. The molecule has 1 heterocycles. The van der Waals surface area contributed by atoms with Crippen molar-refractivity contribution >= 4 is 62.9 Å². The van der Waals surface area contributed by atoms with Crippen molar-refractivity contribution in [2.24, 2.45) is 4.99 Å². The minimum Gasteiger partial charge on any atom is -0.377 e. The van der Waals surface area contributed by atoms with E-state index in [2.05, 4.69) is 20.3 Å². The molecule has 7 nitrogen and oxygen atoms in total. The van der Waals surface area contributed by atoms with Gasteiger partial charge in [-0.3, -0.25) is 4.99 Å². The van der Waals surface area contributed by atoms with Crippen LogP contribution < -0.4 is 15.4 Å². The summed E-state index contributed by atoms with van der Waals surface area (Å²) < 4.78 is 32.5. The molecule has 0 bridgehead atoms. The Morgan fingerprint density at radius 3 is 2.50 bits per heavy atom. The van der Waals surface area contributed by atoms with Crippen LogP contribution in [0.25, 0.3) is 0 Å². The number of hydrogen-bond donors (Lipinski definition) is 3. The minimum absolute atomic E-state index is 0. The quantitative estimate of drug-likeness (QED) is 0.215. The Hall–Kier alpha value is -0.140. The van der Waals surface area contributed by atoms with Gasteiger partial charge in [-0.05, 0) is 26.0 Å². The SMILES string of the molecule is CN=C(NCCNS(=O)(=O)c1ccc(Cl)s1)NCC(C)(C)OC.I. The van der Waals surface area contributed by atoms with Gasteiger partial charge in [-0.15, -0.1) is 35.3 Å². The molecule has 0 saturated carbocycles. The van der Waals surface area contributed by atoms with E-state index < -0.39 is 10.0 Å². The Bertz CT molecular complexity index is 635. The second-order valence-electron chi connectivity index (χ2n) is 5.27. The summed E-state index contributed by atoms with van der Waals surface area (Å²) in [5, 5.41) is 6.14. The fourth-order valence-electron chi connectivity index (χ4n) is 1.47. The molecule has 0 atom stereocenters. The summed E-state index contributed by atoms with van der Waals surface area (Å²) in [6, 6.07) is 3.04. The zero-order chi connectivity index (χ0) is 17.5. The van der Waals surface area contributed by atoms with Crippen LogP contribution in [0.15, 0.2) is 21.3 Å². The molecule has 1 aromatic rings. The van der Waals surface area contributed by atoms with Crippen LogP contribution in [0, 0.1) is 0 Å². The van der Waals surface area contributed by atoms with Crippen LogP contribution in [0.3, 0.4) is 0 Å². The summed E-state index contributed by atoms with van der Waals surface area (Å²) in [5.41, 5.74) is -0.322. The van der Waals surface area contributed by atoms with Crippen molar-refractivity contribution in [2.75, 3.05) is 33.8 Å². The van der Waals surface area contributed by atoms with Gasteiger partial charge >= 0.3 is 0 Å². The summed E-state index contributed by atoms with van der Waals surface area (Å²) >= 11 is 6.77. The number of nitrogens with zero attached hydrogens (tertiary/aromatic N) is 1. The van der Waals surface area contributed by atoms with E-state index in [0.29, 0.717) is 23.4 Å². The summed E-state index contributed by atoms with van der Waals surface area (Å²) in [4.78, 5) is 4.07. The standard InChI is InChI=1S/C13H23ClN4O3S2.HI/c1-13(2,21-4)9-17-12(15-3)16-7-8-18-23(19,20)11-6-5-10(14)22-11;/h5-6,18H,7-9H2,1-4H3,(H2,15,16,17);1H. The number of halogens is 2. The van der Waals surface area contributed by atoms with E-state index in [1.165, 1.54) is 6.07 Å². The number of nitrogens with one attached hydrogen (secondary N) is 3. The van der Waals surface area contributed by atoms with Crippen LogP contribution in [0.4, 0.5) is 0 Å². The zero-order valence-electron chi connectivity index (χ0n) is 14.1. The van der Waals surface area contributed by atoms with E-state index in [1.807, 2.05) is 13.8 Å². The second kappa shape index (κ2) is 10.8. The average molecular weight is 511 g/mol. The lowest BCUT2D eigenvalue weighted by atomic mass is 10.1. The van der Waals surface area contributed by atoms with Gasteiger partial charge in [0.15, 0.2) is 5.96 Å². The molecule has 0 aliphatic heterocycles. The van der Waals surface area contributed by atoms with Gasteiger partial charge in [0.2, 0.25) is 10.0 Å². The largest absolute Gasteiger partial charge is 0.377 e. The molecule has 0 amide bonds. The predicted molar refractivity (Wildman–Crippen MR) is 110 cm³/mol. The van der Waals surface area contributed by atoms with Crippen molar-refractivity contribution < 1.29 is 13.2 Å². The van der Waals surface area contributed by atoms with Gasteiger partial charge in [0, 0.05) is 33.8 Å². The monoisotopic (exact) mass is 510 g/mol. The Morgan fingerprint density at radius 1 is 1.33 bits per heavy atom. The van der Waals surface area contributed by atoms with Crippen LogP contribution >= 0.6 is 46.9 Å². The van der Waals surface area contributed by atoms with Gasteiger partial charge in [-0.25, -0.2) is 13.1 Å². The number of aliphatic imine (C=N–C) groups is 1. The molecule has 0 aromatic carbocycles. The van der Waals surface area contributed by atoms with E-state index in [9.17, 15) is 8.42 Å².